The molecule has 0 aromatic carbocycles. The van der Waals surface area contributed by atoms with Gasteiger partial charge in [0.05, 0.1) is 23.0 Å². The van der Waals surface area contributed by atoms with Crippen molar-refractivity contribution in [1.29, 1.82) is 0 Å². The summed E-state index contributed by atoms with van der Waals surface area (Å²) in [6, 6.07) is -0.0732. The standard InChI is InChI=1S/C17H31NO3S/c1-6-8-9-10-11-15-14(16(19)21-7-2)12-13-18(15)22(20)17(3,4)5/h12,15H,6-11,13H2,1-5H3/t15-,22?/m1/s1. The lowest BCUT2D eigenvalue weighted by molar-refractivity contribution is -0.138. The van der Waals surface area contributed by atoms with Gasteiger partial charge >= 0.3 is 5.97 Å². The van der Waals surface area contributed by atoms with Crippen LogP contribution in [0.5, 0.6) is 0 Å². The number of carbonyl (C=O) groups excluding carboxylic acids is 1. The maximum atomic E-state index is 12.7. The quantitative estimate of drug-likeness (QED) is 0.505. The second-order valence-corrected chi connectivity index (χ2v) is 8.90. The Bertz CT molecular complexity index is 426. The van der Waals surface area contributed by atoms with Crippen LogP contribution in [0.4, 0.5) is 0 Å². The first-order valence-electron chi connectivity index (χ1n) is 8.38. The van der Waals surface area contributed by atoms with Gasteiger partial charge in [-0.2, -0.15) is 0 Å². The van der Waals surface area contributed by atoms with E-state index in [0.29, 0.717) is 18.7 Å². The number of hydrogen-bond donors (Lipinski definition) is 0. The highest BCUT2D eigenvalue weighted by Gasteiger charge is 2.38. The Morgan fingerprint density at radius 3 is 2.55 bits per heavy atom. The van der Waals surface area contributed by atoms with Crippen LogP contribution in [0, 0.1) is 0 Å². The second kappa shape index (κ2) is 8.82. The first-order valence-corrected chi connectivity index (χ1v) is 9.49. The smallest absolute Gasteiger partial charge is 0.335 e. The molecule has 0 aliphatic carbocycles. The summed E-state index contributed by atoms with van der Waals surface area (Å²) in [6.45, 7) is 10.9. The number of esters is 1. The molecule has 1 heterocycles. The molecule has 4 nitrogen and oxygen atoms in total. The fourth-order valence-corrected chi connectivity index (χ4v) is 4.00. The zero-order valence-corrected chi connectivity index (χ0v) is 15.5. The van der Waals surface area contributed by atoms with E-state index in [-0.39, 0.29) is 16.8 Å². The maximum Gasteiger partial charge on any atom is 0.335 e. The fourth-order valence-electron chi connectivity index (χ4n) is 2.64. The third-order valence-corrected chi connectivity index (χ3v) is 5.65. The van der Waals surface area contributed by atoms with Gasteiger partial charge in [0.2, 0.25) is 0 Å². The molecule has 5 heteroatoms. The first kappa shape index (κ1) is 19.4. The monoisotopic (exact) mass is 329 g/mol. The molecule has 128 valence electrons. The summed E-state index contributed by atoms with van der Waals surface area (Å²) in [7, 11) is -1.12. The summed E-state index contributed by atoms with van der Waals surface area (Å²) in [5, 5.41) is 0. The number of rotatable bonds is 8. The van der Waals surface area contributed by atoms with Gasteiger partial charge in [-0.05, 0) is 34.1 Å². The molecule has 1 rings (SSSR count). The summed E-state index contributed by atoms with van der Waals surface area (Å²) >= 11 is 0. The molecule has 2 atom stereocenters. The van der Waals surface area contributed by atoms with E-state index >= 15 is 0 Å². The van der Waals surface area contributed by atoms with Crippen molar-refractivity contribution in [1.82, 2.24) is 4.31 Å². The van der Waals surface area contributed by atoms with E-state index < -0.39 is 11.0 Å². The molecule has 1 aliphatic heterocycles. The van der Waals surface area contributed by atoms with Crippen LogP contribution in [0.25, 0.3) is 0 Å². The van der Waals surface area contributed by atoms with E-state index in [1.54, 1.807) is 0 Å². The first-order chi connectivity index (χ1) is 10.3. The Morgan fingerprint density at radius 2 is 2.00 bits per heavy atom. The van der Waals surface area contributed by atoms with Crippen molar-refractivity contribution in [2.45, 2.75) is 77.5 Å². The number of ether oxygens (including phenoxy) is 1. The minimum Gasteiger partial charge on any atom is -0.463 e. The summed E-state index contributed by atoms with van der Waals surface area (Å²) in [6.07, 6.45) is 7.35. The zero-order chi connectivity index (χ0) is 16.8. The van der Waals surface area contributed by atoms with Gasteiger partial charge < -0.3 is 4.74 Å². The molecule has 1 unspecified atom stereocenters. The van der Waals surface area contributed by atoms with Crippen LogP contribution in [0.2, 0.25) is 0 Å². The normalized spacial score (nSPS) is 20.8. The van der Waals surface area contributed by atoms with E-state index in [4.69, 9.17) is 4.74 Å². The molecule has 22 heavy (non-hydrogen) atoms. The Balaban J connectivity index is 2.81. The molecule has 0 aromatic rings. The number of nitrogens with zero attached hydrogens (tertiary/aromatic N) is 1. The average Bonchev–Trinajstić information content (AvgIpc) is 2.85. The molecule has 0 bridgehead atoms. The van der Waals surface area contributed by atoms with Crippen LogP contribution in [-0.4, -0.2) is 38.4 Å². The molecular formula is C17H31NO3S. The van der Waals surface area contributed by atoms with Crippen molar-refractivity contribution in [3.8, 4) is 0 Å². The average molecular weight is 330 g/mol. The molecule has 0 amide bonds. The van der Waals surface area contributed by atoms with Gasteiger partial charge in [-0.1, -0.05) is 38.7 Å². The van der Waals surface area contributed by atoms with Gasteiger partial charge in [-0.3, -0.25) is 0 Å². The minimum atomic E-state index is -1.12. The second-order valence-electron chi connectivity index (χ2n) is 6.71. The Morgan fingerprint density at radius 1 is 1.32 bits per heavy atom. The molecule has 0 radical (unpaired) electrons. The van der Waals surface area contributed by atoms with Gasteiger partial charge in [-0.15, -0.1) is 0 Å². The Labute approximate surface area is 137 Å². The maximum absolute atomic E-state index is 12.7. The third-order valence-electron chi connectivity index (χ3n) is 3.78. The summed E-state index contributed by atoms with van der Waals surface area (Å²) < 4.78 is 19.5. The largest absolute Gasteiger partial charge is 0.463 e. The van der Waals surface area contributed by atoms with E-state index in [9.17, 15) is 9.00 Å². The van der Waals surface area contributed by atoms with Crippen LogP contribution >= 0.6 is 0 Å². The van der Waals surface area contributed by atoms with Crippen molar-refractivity contribution < 1.29 is 13.7 Å². The SMILES string of the molecule is CCCCCC[C@@H]1C(C(=O)OCC)=CCN1S(=O)C(C)(C)C. The van der Waals surface area contributed by atoms with Gasteiger partial charge in [0.1, 0.15) is 11.0 Å². The predicted molar refractivity (Wildman–Crippen MR) is 91.9 cm³/mol. The van der Waals surface area contributed by atoms with Crippen LogP contribution in [-0.2, 0) is 20.5 Å². The topological polar surface area (TPSA) is 46.6 Å². The molecule has 0 fully saturated rings. The molecule has 0 saturated heterocycles. The van der Waals surface area contributed by atoms with Crippen LogP contribution in [0.15, 0.2) is 11.6 Å². The number of unbranched alkanes of at least 4 members (excludes halogenated alkanes) is 3. The highest BCUT2D eigenvalue weighted by molar-refractivity contribution is 7.84. The molecule has 0 spiro atoms. The van der Waals surface area contributed by atoms with E-state index in [1.807, 2.05) is 38.1 Å². The van der Waals surface area contributed by atoms with E-state index in [0.717, 1.165) is 19.3 Å². The lowest BCUT2D eigenvalue weighted by Gasteiger charge is -2.31. The molecule has 1 aliphatic rings. The highest BCUT2D eigenvalue weighted by Crippen LogP contribution is 2.30. The summed E-state index contributed by atoms with van der Waals surface area (Å²) in [5.41, 5.74) is 0.691. The molecule has 0 aromatic heterocycles. The van der Waals surface area contributed by atoms with Crippen molar-refractivity contribution in [2.24, 2.45) is 0 Å². The summed E-state index contributed by atoms with van der Waals surface area (Å²) in [4.78, 5) is 12.1. The molecule has 0 N–H and O–H groups in total. The van der Waals surface area contributed by atoms with Crippen molar-refractivity contribution >= 4 is 17.0 Å². The van der Waals surface area contributed by atoms with Crippen molar-refractivity contribution in [3.63, 3.8) is 0 Å². The van der Waals surface area contributed by atoms with Crippen molar-refractivity contribution in [2.75, 3.05) is 13.2 Å². The molecular weight excluding hydrogens is 298 g/mol. The Kier molecular flexibility index (Phi) is 7.77. The van der Waals surface area contributed by atoms with Gasteiger partial charge in [0, 0.05) is 6.54 Å². The predicted octanol–water partition coefficient (Wildman–Crippen LogP) is 3.59. The number of carbonyl (C=O) groups is 1. The fraction of sp³-hybridized carbons (Fsp3) is 0.824. The minimum absolute atomic E-state index is 0.0732. The van der Waals surface area contributed by atoms with Gasteiger partial charge in [-0.25, -0.2) is 13.3 Å². The van der Waals surface area contributed by atoms with Crippen LogP contribution < -0.4 is 0 Å². The van der Waals surface area contributed by atoms with Gasteiger partial charge in [0.15, 0.2) is 0 Å². The lowest BCUT2D eigenvalue weighted by atomic mass is 10.0. The van der Waals surface area contributed by atoms with Crippen LogP contribution in [0.3, 0.4) is 0 Å². The van der Waals surface area contributed by atoms with Crippen molar-refractivity contribution in [3.05, 3.63) is 11.6 Å². The molecule has 0 saturated carbocycles. The Hall–Kier alpha value is -0.680. The van der Waals surface area contributed by atoms with Gasteiger partial charge in [0.25, 0.3) is 0 Å². The lowest BCUT2D eigenvalue weighted by Crippen LogP contribution is -2.42. The highest BCUT2D eigenvalue weighted by atomic mass is 32.2. The third kappa shape index (κ3) is 5.20. The zero-order valence-electron chi connectivity index (χ0n) is 14.7. The van der Waals surface area contributed by atoms with E-state index in [1.165, 1.54) is 12.8 Å². The number of hydrogen-bond acceptors (Lipinski definition) is 3. The summed E-state index contributed by atoms with van der Waals surface area (Å²) in [5.74, 6) is -0.253. The van der Waals surface area contributed by atoms with E-state index in [2.05, 4.69) is 6.92 Å². The van der Waals surface area contributed by atoms with Crippen LogP contribution in [0.1, 0.15) is 66.7 Å².